The van der Waals surface area contributed by atoms with Gasteiger partial charge in [0.25, 0.3) is 0 Å². The lowest BCUT2D eigenvalue weighted by Gasteiger charge is -2.05. The molecule has 0 N–H and O–H groups in total. The first kappa shape index (κ1) is 9.65. The normalized spacial score (nSPS) is 17.0. The van der Waals surface area contributed by atoms with Crippen LogP contribution in [0.15, 0.2) is 17.2 Å². The van der Waals surface area contributed by atoms with Crippen LogP contribution < -0.4 is 0 Å². The van der Waals surface area contributed by atoms with Crippen LogP contribution in [0.25, 0.3) is 0 Å². The van der Waals surface area contributed by atoms with Gasteiger partial charge in [-0.25, -0.2) is 8.42 Å². The zero-order valence-corrected chi connectivity index (χ0v) is 9.13. The molecule has 1 heterocycles. The minimum absolute atomic E-state index is 0.377. The Labute approximate surface area is 84.1 Å². The third-order valence-corrected chi connectivity index (χ3v) is 3.72. The monoisotopic (exact) mass is 211 g/mol. The molecule has 14 heavy (non-hydrogen) atoms. The van der Waals surface area contributed by atoms with E-state index in [1.54, 1.807) is 19.2 Å². The largest absolute Gasteiger partial charge is 0.260 e. The van der Waals surface area contributed by atoms with Gasteiger partial charge in [-0.2, -0.15) is 0 Å². The Hall–Kier alpha value is -0.900. The van der Waals surface area contributed by atoms with Crippen molar-refractivity contribution in [3.8, 4) is 0 Å². The third-order valence-electron chi connectivity index (χ3n) is 2.51. The van der Waals surface area contributed by atoms with Gasteiger partial charge in [-0.3, -0.25) is 4.98 Å². The van der Waals surface area contributed by atoms with E-state index in [-0.39, 0.29) is 0 Å². The standard InChI is InChI=1S/C10H13NO2S/c1-7-10(14(2,12)13)5-9(6-11-7)8-3-4-8/h5-6,8H,3-4H2,1-2H3. The highest BCUT2D eigenvalue weighted by molar-refractivity contribution is 7.90. The molecule has 3 nitrogen and oxygen atoms in total. The molecule has 2 rings (SSSR count). The Balaban J connectivity index is 2.52. The molecular formula is C10H13NO2S. The van der Waals surface area contributed by atoms with E-state index in [0.29, 0.717) is 16.5 Å². The van der Waals surface area contributed by atoms with Gasteiger partial charge in [0.1, 0.15) is 0 Å². The van der Waals surface area contributed by atoms with Gasteiger partial charge in [0.15, 0.2) is 9.84 Å². The minimum atomic E-state index is -3.12. The van der Waals surface area contributed by atoms with Crippen molar-refractivity contribution < 1.29 is 8.42 Å². The number of sulfone groups is 1. The van der Waals surface area contributed by atoms with Crippen molar-refractivity contribution in [3.63, 3.8) is 0 Å². The highest BCUT2D eigenvalue weighted by Gasteiger charge is 2.25. The average Bonchev–Trinajstić information content (AvgIpc) is 2.85. The molecule has 0 radical (unpaired) electrons. The van der Waals surface area contributed by atoms with Gasteiger partial charge in [-0.15, -0.1) is 0 Å². The first-order valence-corrected chi connectivity index (χ1v) is 6.54. The number of aromatic nitrogens is 1. The number of nitrogens with zero attached hydrogens (tertiary/aromatic N) is 1. The van der Waals surface area contributed by atoms with E-state index in [2.05, 4.69) is 4.98 Å². The zero-order chi connectivity index (χ0) is 10.3. The smallest absolute Gasteiger partial charge is 0.177 e. The molecule has 1 aliphatic rings. The maximum atomic E-state index is 11.4. The summed E-state index contributed by atoms with van der Waals surface area (Å²) < 4.78 is 22.8. The molecule has 0 spiro atoms. The fourth-order valence-corrected chi connectivity index (χ4v) is 2.48. The number of rotatable bonds is 2. The third kappa shape index (κ3) is 1.80. The van der Waals surface area contributed by atoms with Crippen LogP contribution in [0.2, 0.25) is 0 Å². The lowest BCUT2D eigenvalue weighted by Crippen LogP contribution is -2.02. The summed E-state index contributed by atoms with van der Waals surface area (Å²) in [7, 11) is -3.12. The SMILES string of the molecule is Cc1ncc(C2CC2)cc1S(C)(=O)=O. The Morgan fingerprint density at radius 1 is 1.43 bits per heavy atom. The first-order valence-electron chi connectivity index (χ1n) is 4.65. The van der Waals surface area contributed by atoms with E-state index in [0.717, 1.165) is 18.4 Å². The molecule has 1 aromatic heterocycles. The minimum Gasteiger partial charge on any atom is -0.260 e. The van der Waals surface area contributed by atoms with Gasteiger partial charge in [-0.05, 0) is 37.3 Å². The molecule has 0 amide bonds. The predicted molar refractivity (Wildman–Crippen MR) is 54.1 cm³/mol. The van der Waals surface area contributed by atoms with Gasteiger partial charge in [0.2, 0.25) is 0 Å². The van der Waals surface area contributed by atoms with Crippen LogP contribution in [-0.4, -0.2) is 19.7 Å². The Kier molecular flexibility index (Phi) is 2.10. The summed E-state index contributed by atoms with van der Waals surface area (Å²) in [6, 6.07) is 1.77. The number of hydrogen-bond acceptors (Lipinski definition) is 3. The van der Waals surface area contributed by atoms with Crippen LogP contribution in [0, 0.1) is 6.92 Å². The second-order valence-corrected chi connectivity index (χ2v) is 5.88. The van der Waals surface area contributed by atoms with Gasteiger partial charge in [-0.1, -0.05) is 0 Å². The first-order chi connectivity index (χ1) is 6.48. The molecular weight excluding hydrogens is 198 g/mol. The molecule has 0 unspecified atom stereocenters. The summed E-state index contributed by atoms with van der Waals surface area (Å²) in [6.45, 7) is 1.73. The van der Waals surface area contributed by atoms with E-state index in [1.807, 2.05) is 0 Å². The fourth-order valence-electron chi connectivity index (χ4n) is 1.54. The van der Waals surface area contributed by atoms with E-state index in [4.69, 9.17) is 0 Å². The lowest BCUT2D eigenvalue weighted by molar-refractivity contribution is 0.600. The van der Waals surface area contributed by atoms with E-state index in [9.17, 15) is 8.42 Å². The second kappa shape index (κ2) is 3.05. The summed E-state index contributed by atoms with van der Waals surface area (Å²) in [5.41, 5.74) is 1.66. The second-order valence-electron chi connectivity index (χ2n) is 3.90. The van der Waals surface area contributed by atoms with Crippen molar-refractivity contribution in [1.82, 2.24) is 4.98 Å². The van der Waals surface area contributed by atoms with Crippen molar-refractivity contribution >= 4 is 9.84 Å². The highest BCUT2D eigenvalue weighted by atomic mass is 32.2. The zero-order valence-electron chi connectivity index (χ0n) is 8.32. The number of pyridine rings is 1. The van der Waals surface area contributed by atoms with E-state index >= 15 is 0 Å². The van der Waals surface area contributed by atoms with Crippen LogP contribution >= 0.6 is 0 Å². The summed E-state index contributed by atoms with van der Waals surface area (Å²) in [5.74, 6) is 0.545. The van der Waals surface area contributed by atoms with Crippen LogP contribution in [0.1, 0.15) is 30.0 Å². The van der Waals surface area contributed by atoms with Crippen LogP contribution in [-0.2, 0) is 9.84 Å². The lowest BCUT2D eigenvalue weighted by atomic mass is 10.2. The van der Waals surface area contributed by atoms with Crippen LogP contribution in [0.5, 0.6) is 0 Å². The van der Waals surface area contributed by atoms with E-state index < -0.39 is 9.84 Å². The summed E-state index contributed by atoms with van der Waals surface area (Å²) >= 11 is 0. The molecule has 0 atom stereocenters. The van der Waals surface area contributed by atoms with Gasteiger partial charge < -0.3 is 0 Å². The van der Waals surface area contributed by atoms with Gasteiger partial charge in [0.05, 0.1) is 10.6 Å². The predicted octanol–water partition coefficient (Wildman–Crippen LogP) is 1.67. The molecule has 1 fully saturated rings. The maximum Gasteiger partial charge on any atom is 0.177 e. The molecule has 1 saturated carbocycles. The highest BCUT2D eigenvalue weighted by Crippen LogP contribution is 2.40. The summed E-state index contributed by atoms with van der Waals surface area (Å²) in [6.07, 6.45) is 5.34. The van der Waals surface area contributed by atoms with Crippen molar-refractivity contribution in [2.24, 2.45) is 0 Å². The van der Waals surface area contributed by atoms with Gasteiger partial charge in [0, 0.05) is 12.5 Å². The molecule has 0 aliphatic heterocycles. The molecule has 0 bridgehead atoms. The molecule has 1 aliphatic carbocycles. The Bertz CT molecular complexity index is 461. The quantitative estimate of drug-likeness (QED) is 0.747. The molecule has 0 aromatic carbocycles. The Morgan fingerprint density at radius 2 is 2.07 bits per heavy atom. The average molecular weight is 211 g/mol. The molecule has 76 valence electrons. The maximum absolute atomic E-state index is 11.4. The summed E-state index contributed by atoms with van der Waals surface area (Å²) in [4.78, 5) is 4.50. The Morgan fingerprint density at radius 3 is 2.57 bits per heavy atom. The van der Waals surface area contributed by atoms with Crippen molar-refractivity contribution in [1.29, 1.82) is 0 Å². The number of aryl methyl sites for hydroxylation is 1. The van der Waals surface area contributed by atoms with Crippen molar-refractivity contribution in [2.45, 2.75) is 30.6 Å². The molecule has 1 aromatic rings. The fraction of sp³-hybridized carbons (Fsp3) is 0.500. The van der Waals surface area contributed by atoms with E-state index in [1.165, 1.54) is 6.26 Å². The van der Waals surface area contributed by atoms with Gasteiger partial charge >= 0.3 is 0 Å². The number of hydrogen-bond donors (Lipinski definition) is 0. The van der Waals surface area contributed by atoms with Crippen molar-refractivity contribution in [2.75, 3.05) is 6.26 Å². The van der Waals surface area contributed by atoms with Crippen molar-refractivity contribution in [3.05, 3.63) is 23.5 Å². The van der Waals surface area contributed by atoms with Crippen LogP contribution in [0.3, 0.4) is 0 Å². The molecule has 4 heteroatoms. The molecule has 0 saturated heterocycles. The topological polar surface area (TPSA) is 47.0 Å². The summed E-state index contributed by atoms with van der Waals surface area (Å²) in [5, 5.41) is 0. The van der Waals surface area contributed by atoms with Crippen LogP contribution in [0.4, 0.5) is 0 Å².